The van der Waals surface area contributed by atoms with Crippen molar-refractivity contribution in [2.75, 3.05) is 11.9 Å². The third kappa shape index (κ3) is 3.52. The first-order valence-electron chi connectivity index (χ1n) is 10.4. The van der Waals surface area contributed by atoms with E-state index < -0.39 is 0 Å². The molecule has 30 heavy (non-hydrogen) atoms. The Balaban J connectivity index is 1.28. The number of hydrogen-bond donors (Lipinski definition) is 2. The molecule has 0 unspecified atom stereocenters. The van der Waals surface area contributed by atoms with Crippen LogP contribution in [0.2, 0.25) is 0 Å². The number of aryl methyl sites for hydroxylation is 1. The maximum Gasteiger partial charge on any atom is 0.228 e. The van der Waals surface area contributed by atoms with Crippen LogP contribution in [-0.2, 0) is 16.0 Å². The van der Waals surface area contributed by atoms with Gasteiger partial charge >= 0.3 is 0 Å². The van der Waals surface area contributed by atoms with Crippen molar-refractivity contribution in [3.05, 3.63) is 57.0 Å². The summed E-state index contributed by atoms with van der Waals surface area (Å²) in [5.41, 5.74) is 1.87. The fraction of sp³-hybridized carbons (Fsp3) is 0.435. The van der Waals surface area contributed by atoms with E-state index in [0.717, 1.165) is 20.9 Å². The molecule has 3 aliphatic rings. The van der Waals surface area contributed by atoms with Crippen molar-refractivity contribution in [1.29, 1.82) is 0 Å². The number of aromatic nitrogens is 1. The van der Waals surface area contributed by atoms with Gasteiger partial charge in [-0.3, -0.25) is 9.59 Å². The van der Waals surface area contributed by atoms with Crippen LogP contribution in [0.25, 0.3) is 0 Å². The highest BCUT2D eigenvalue weighted by molar-refractivity contribution is 9.10. The van der Waals surface area contributed by atoms with Crippen LogP contribution in [-0.4, -0.2) is 23.3 Å². The largest absolute Gasteiger partial charge is 0.355 e. The molecule has 156 valence electrons. The number of rotatable bonds is 6. The number of allylic oxidation sites excluding steroid dienone is 2. The van der Waals surface area contributed by atoms with Gasteiger partial charge in [-0.25, -0.2) is 4.98 Å². The second-order valence-corrected chi connectivity index (χ2v) is 10.7. The standard InChI is InChI=1S/C23H24BrN3O2S/c1-13-26-16(12-30-13)10-20(28)25-11-17-18-6-7-19(23(18)8-9-23)21(17)22(29)27-15-4-2-14(24)3-5-15/h2-7,12,17-19,21H,8-11H2,1H3,(H,25,28)(H,27,29)/t17-,18-,19+,21+/m1/s1. The third-order valence-corrected chi connectivity index (χ3v) is 8.30. The minimum Gasteiger partial charge on any atom is -0.355 e. The van der Waals surface area contributed by atoms with E-state index in [2.05, 4.69) is 43.7 Å². The summed E-state index contributed by atoms with van der Waals surface area (Å²) in [6, 6.07) is 7.67. The maximum atomic E-state index is 13.3. The van der Waals surface area contributed by atoms with Crippen molar-refractivity contribution >= 4 is 44.8 Å². The van der Waals surface area contributed by atoms with Gasteiger partial charge in [-0.05, 0) is 67.2 Å². The summed E-state index contributed by atoms with van der Waals surface area (Å²) in [5, 5.41) is 9.10. The number of nitrogens with zero attached hydrogens (tertiary/aromatic N) is 1. The number of nitrogens with one attached hydrogen (secondary N) is 2. The Kier molecular flexibility index (Phi) is 5.06. The van der Waals surface area contributed by atoms with E-state index in [1.165, 1.54) is 12.8 Å². The molecule has 2 bridgehead atoms. The maximum absolute atomic E-state index is 13.3. The highest BCUT2D eigenvalue weighted by atomic mass is 79.9. The van der Waals surface area contributed by atoms with Gasteiger partial charge in [0.1, 0.15) is 0 Å². The molecular formula is C23H24BrN3O2S. The monoisotopic (exact) mass is 485 g/mol. The van der Waals surface area contributed by atoms with Crippen LogP contribution in [0.1, 0.15) is 23.5 Å². The van der Waals surface area contributed by atoms with Crippen LogP contribution in [0.15, 0.2) is 46.3 Å². The molecule has 3 aliphatic carbocycles. The van der Waals surface area contributed by atoms with Crippen LogP contribution >= 0.6 is 27.3 Å². The predicted molar refractivity (Wildman–Crippen MR) is 121 cm³/mol. The van der Waals surface area contributed by atoms with Gasteiger partial charge in [-0.1, -0.05) is 28.1 Å². The van der Waals surface area contributed by atoms with Crippen LogP contribution in [0.4, 0.5) is 5.69 Å². The van der Waals surface area contributed by atoms with Crippen molar-refractivity contribution in [2.45, 2.75) is 26.2 Å². The first kappa shape index (κ1) is 19.9. The van der Waals surface area contributed by atoms with Crippen molar-refractivity contribution in [3.63, 3.8) is 0 Å². The van der Waals surface area contributed by atoms with Gasteiger partial charge in [0.25, 0.3) is 0 Å². The van der Waals surface area contributed by atoms with Gasteiger partial charge in [0.05, 0.1) is 23.0 Å². The minimum atomic E-state index is -0.104. The fourth-order valence-electron chi connectivity index (χ4n) is 5.51. The molecule has 0 saturated heterocycles. The Morgan fingerprint density at radius 1 is 1.20 bits per heavy atom. The molecule has 2 aromatic rings. The van der Waals surface area contributed by atoms with Crippen LogP contribution in [0.5, 0.6) is 0 Å². The zero-order chi connectivity index (χ0) is 20.9. The number of thiazole rings is 1. The van der Waals surface area contributed by atoms with Crippen LogP contribution in [0.3, 0.4) is 0 Å². The quantitative estimate of drug-likeness (QED) is 0.597. The minimum absolute atomic E-state index is 0.0241. The molecule has 0 radical (unpaired) electrons. The molecule has 2 saturated carbocycles. The third-order valence-electron chi connectivity index (χ3n) is 6.95. The Labute approximate surface area is 188 Å². The number of halogens is 1. The lowest BCUT2D eigenvalue weighted by molar-refractivity contribution is -0.124. The summed E-state index contributed by atoms with van der Waals surface area (Å²) < 4.78 is 0.983. The zero-order valence-electron chi connectivity index (χ0n) is 16.7. The molecule has 1 aromatic heterocycles. The van der Waals surface area contributed by atoms with Crippen LogP contribution < -0.4 is 10.6 Å². The summed E-state index contributed by atoms with van der Waals surface area (Å²) in [6.45, 7) is 2.48. The predicted octanol–water partition coefficient (Wildman–Crippen LogP) is 4.34. The number of amides is 2. The number of hydrogen-bond acceptors (Lipinski definition) is 4. The topological polar surface area (TPSA) is 71.1 Å². The van der Waals surface area contributed by atoms with Gasteiger partial charge in [0, 0.05) is 22.1 Å². The highest BCUT2D eigenvalue weighted by Gasteiger charge is 2.68. The summed E-state index contributed by atoms with van der Waals surface area (Å²) in [4.78, 5) is 30.1. The molecule has 7 heteroatoms. The van der Waals surface area contributed by atoms with Crippen molar-refractivity contribution in [1.82, 2.24) is 10.3 Å². The molecule has 0 aliphatic heterocycles. The summed E-state index contributed by atoms with van der Waals surface area (Å²) >= 11 is 4.99. The zero-order valence-corrected chi connectivity index (χ0v) is 19.1. The van der Waals surface area contributed by atoms with Crippen LogP contribution in [0, 0.1) is 36.0 Å². The summed E-state index contributed by atoms with van der Waals surface area (Å²) in [5.74, 6) is 0.733. The molecule has 2 N–H and O–H groups in total. The van der Waals surface area contributed by atoms with E-state index in [-0.39, 0.29) is 35.0 Å². The smallest absolute Gasteiger partial charge is 0.228 e. The molecule has 5 nitrogen and oxygen atoms in total. The number of anilines is 1. The average Bonchev–Trinajstić information content (AvgIpc) is 3.22. The van der Waals surface area contributed by atoms with Gasteiger partial charge in [-0.2, -0.15) is 0 Å². The number of carbonyl (C=O) groups excluding carboxylic acids is 2. The van der Waals surface area contributed by atoms with E-state index in [9.17, 15) is 9.59 Å². The molecular weight excluding hydrogens is 462 g/mol. The molecule has 2 fully saturated rings. The van der Waals surface area contributed by atoms with Crippen molar-refractivity contribution in [3.8, 4) is 0 Å². The van der Waals surface area contributed by atoms with Gasteiger partial charge < -0.3 is 10.6 Å². The van der Waals surface area contributed by atoms with Gasteiger partial charge in [0.15, 0.2) is 0 Å². The second kappa shape index (κ2) is 7.61. The SMILES string of the molecule is Cc1nc(CC(=O)NC[C@H]2[C@H](C(=O)Nc3ccc(Br)cc3)[C@@H]3C=C[C@H]2C32CC2)cs1. The molecule has 4 atom stereocenters. The first-order valence-corrected chi connectivity index (χ1v) is 12.1. The molecule has 1 spiro atoms. The van der Waals surface area contributed by atoms with E-state index in [1.807, 2.05) is 36.6 Å². The normalized spacial score (nSPS) is 27.4. The summed E-state index contributed by atoms with van der Waals surface area (Å²) in [7, 11) is 0. The van der Waals surface area contributed by atoms with Gasteiger partial charge in [-0.15, -0.1) is 11.3 Å². The number of benzene rings is 1. The van der Waals surface area contributed by atoms with Gasteiger partial charge in [0.2, 0.25) is 11.8 Å². The van der Waals surface area contributed by atoms with E-state index in [0.29, 0.717) is 18.9 Å². The van der Waals surface area contributed by atoms with E-state index in [4.69, 9.17) is 0 Å². The van der Waals surface area contributed by atoms with Crippen molar-refractivity contribution < 1.29 is 9.59 Å². The molecule has 5 rings (SSSR count). The Bertz CT molecular complexity index is 1010. The average molecular weight is 486 g/mol. The lowest BCUT2D eigenvalue weighted by Crippen LogP contribution is -2.40. The first-order chi connectivity index (χ1) is 14.5. The summed E-state index contributed by atoms with van der Waals surface area (Å²) in [6.07, 6.45) is 7.20. The lowest BCUT2D eigenvalue weighted by Gasteiger charge is -2.27. The molecule has 2 amide bonds. The Morgan fingerprint density at radius 3 is 2.60 bits per heavy atom. The Hall–Kier alpha value is -1.99. The second-order valence-electron chi connectivity index (χ2n) is 8.69. The Morgan fingerprint density at radius 2 is 1.93 bits per heavy atom. The van der Waals surface area contributed by atoms with Crippen molar-refractivity contribution in [2.24, 2.45) is 29.1 Å². The van der Waals surface area contributed by atoms with E-state index >= 15 is 0 Å². The lowest BCUT2D eigenvalue weighted by atomic mass is 9.82. The highest BCUT2D eigenvalue weighted by Crippen LogP contribution is 2.71. The molecule has 1 heterocycles. The van der Waals surface area contributed by atoms with E-state index in [1.54, 1.807) is 11.3 Å². The number of carbonyl (C=O) groups is 2. The molecule has 1 aromatic carbocycles. The fourth-order valence-corrected chi connectivity index (χ4v) is 6.39.